The first kappa shape index (κ1) is 12.6. The van der Waals surface area contributed by atoms with E-state index in [1.165, 1.54) is 25.7 Å². The van der Waals surface area contributed by atoms with E-state index in [4.69, 9.17) is 6.57 Å². The fourth-order valence-corrected chi connectivity index (χ4v) is 2.48. The van der Waals surface area contributed by atoms with Gasteiger partial charge in [-0.05, 0) is 24.5 Å². The first-order valence-corrected chi connectivity index (χ1v) is 6.55. The van der Waals surface area contributed by atoms with Crippen molar-refractivity contribution in [2.24, 2.45) is 5.92 Å². The predicted molar refractivity (Wildman–Crippen MR) is 72.5 cm³/mol. The number of hydrogen-bond acceptors (Lipinski definition) is 1. The molecule has 2 rings (SSSR count). The van der Waals surface area contributed by atoms with E-state index in [2.05, 4.69) is 10.2 Å². The molecule has 1 N–H and O–H groups in total. The minimum atomic E-state index is 0.0810. The van der Waals surface area contributed by atoms with Crippen LogP contribution in [-0.2, 0) is 4.79 Å². The van der Waals surface area contributed by atoms with Crippen LogP contribution in [0.4, 0.5) is 11.4 Å². The predicted octanol–water partition coefficient (Wildman–Crippen LogP) is 4.15. The molecule has 1 amide bonds. The summed E-state index contributed by atoms with van der Waals surface area (Å²) in [6, 6.07) is 7.00. The van der Waals surface area contributed by atoms with Gasteiger partial charge in [0, 0.05) is 12.1 Å². The monoisotopic (exact) mass is 242 g/mol. The van der Waals surface area contributed by atoms with Gasteiger partial charge in [0.15, 0.2) is 5.69 Å². The number of anilines is 1. The van der Waals surface area contributed by atoms with Crippen molar-refractivity contribution in [2.75, 3.05) is 5.32 Å². The molecule has 0 atom stereocenters. The lowest BCUT2D eigenvalue weighted by Crippen LogP contribution is -2.12. The van der Waals surface area contributed by atoms with E-state index in [9.17, 15) is 4.79 Å². The first-order valence-electron chi connectivity index (χ1n) is 6.55. The Bertz CT molecular complexity index is 439. The van der Waals surface area contributed by atoms with Crippen molar-refractivity contribution in [3.05, 3.63) is 35.7 Å². The molecule has 1 aromatic carbocycles. The van der Waals surface area contributed by atoms with Crippen LogP contribution in [0.15, 0.2) is 24.3 Å². The van der Waals surface area contributed by atoms with Crippen LogP contribution in [0, 0.1) is 12.5 Å². The summed E-state index contributed by atoms with van der Waals surface area (Å²) in [6.45, 7) is 6.85. The van der Waals surface area contributed by atoms with Crippen LogP contribution >= 0.6 is 0 Å². The molecule has 0 radical (unpaired) electrons. The molecule has 0 bridgehead atoms. The minimum absolute atomic E-state index is 0.0810. The molecule has 18 heavy (non-hydrogen) atoms. The average molecular weight is 242 g/mol. The third-order valence-electron chi connectivity index (χ3n) is 3.53. The Hall–Kier alpha value is -1.82. The van der Waals surface area contributed by atoms with Gasteiger partial charge in [0.05, 0.1) is 6.57 Å². The summed E-state index contributed by atoms with van der Waals surface area (Å²) in [5, 5.41) is 2.88. The Kier molecular flexibility index (Phi) is 4.35. The quantitative estimate of drug-likeness (QED) is 0.791. The molecule has 1 fully saturated rings. The van der Waals surface area contributed by atoms with E-state index in [0.29, 0.717) is 12.1 Å². The van der Waals surface area contributed by atoms with Gasteiger partial charge in [0.1, 0.15) is 0 Å². The van der Waals surface area contributed by atoms with Gasteiger partial charge in [-0.1, -0.05) is 37.8 Å². The third-order valence-corrected chi connectivity index (χ3v) is 3.53. The van der Waals surface area contributed by atoms with Gasteiger partial charge in [-0.25, -0.2) is 4.85 Å². The topological polar surface area (TPSA) is 33.5 Å². The van der Waals surface area contributed by atoms with E-state index in [1.54, 1.807) is 24.3 Å². The number of carbonyl (C=O) groups excluding carboxylic acids is 1. The number of carbonyl (C=O) groups is 1. The summed E-state index contributed by atoms with van der Waals surface area (Å²) >= 11 is 0. The van der Waals surface area contributed by atoms with Gasteiger partial charge in [-0.2, -0.15) is 0 Å². The standard InChI is InChI=1S/C15H18N2O/c1-16-13-7-9-14(10-8-13)17-15(18)11-6-12-4-2-3-5-12/h7-10,12H,2-6,11H2,(H,17,18). The molecule has 0 saturated heterocycles. The minimum Gasteiger partial charge on any atom is -0.326 e. The Morgan fingerprint density at radius 2 is 1.94 bits per heavy atom. The summed E-state index contributed by atoms with van der Waals surface area (Å²) < 4.78 is 0. The van der Waals surface area contributed by atoms with Crippen molar-refractivity contribution >= 4 is 17.3 Å². The summed E-state index contributed by atoms with van der Waals surface area (Å²) in [5.74, 6) is 0.831. The number of hydrogen-bond donors (Lipinski definition) is 1. The SMILES string of the molecule is [C-]#[N+]c1ccc(NC(=O)CCC2CCCC2)cc1. The van der Waals surface area contributed by atoms with Gasteiger partial charge in [0.25, 0.3) is 0 Å². The van der Waals surface area contributed by atoms with E-state index >= 15 is 0 Å². The molecule has 0 unspecified atom stereocenters. The average Bonchev–Trinajstić information content (AvgIpc) is 2.90. The van der Waals surface area contributed by atoms with Crippen molar-refractivity contribution in [3.8, 4) is 0 Å². The normalized spacial score (nSPS) is 15.3. The van der Waals surface area contributed by atoms with E-state index in [0.717, 1.165) is 18.0 Å². The third kappa shape index (κ3) is 3.59. The highest BCUT2D eigenvalue weighted by Gasteiger charge is 2.16. The summed E-state index contributed by atoms with van der Waals surface area (Å²) in [7, 11) is 0. The molecule has 1 aliphatic carbocycles. The number of rotatable bonds is 4. The van der Waals surface area contributed by atoms with Gasteiger partial charge < -0.3 is 5.32 Å². The molecular weight excluding hydrogens is 224 g/mol. The highest BCUT2D eigenvalue weighted by Crippen LogP contribution is 2.28. The second-order valence-electron chi connectivity index (χ2n) is 4.90. The molecule has 1 saturated carbocycles. The first-order chi connectivity index (χ1) is 8.78. The second-order valence-corrected chi connectivity index (χ2v) is 4.90. The molecular formula is C15H18N2O. The Labute approximate surface area is 108 Å². The number of nitrogens with zero attached hydrogens (tertiary/aromatic N) is 1. The lowest BCUT2D eigenvalue weighted by atomic mass is 10.0. The molecule has 0 heterocycles. The van der Waals surface area contributed by atoms with Crippen LogP contribution in [0.2, 0.25) is 0 Å². The zero-order valence-corrected chi connectivity index (χ0v) is 10.5. The maximum atomic E-state index is 11.8. The Morgan fingerprint density at radius 1 is 1.28 bits per heavy atom. The lowest BCUT2D eigenvalue weighted by molar-refractivity contribution is -0.116. The van der Waals surface area contributed by atoms with Crippen LogP contribution in [0.3, 0.4) is 0 Å². The van der Waals surface area contributed by atoms with Crippen molar-refractivity contribution in [1.82, 2.24) is 0 Å². The Balaban J connectivity index is 1.77. The molecule has 3 heteroatoms. The fourth-order valence-electron chi connectivity index (χ4n) is 2.48. The second kappa shape index (κ2) is 6.20. The van der Waals surface area contributed by atoms with E-state index in [1.807, 2.05) is 0 Å². The molecule has 0 spiro atoms. The summed E-state index contributed by atoms with van der Waals surface area (Å²) in [4.78, 5) is 15.1. The molecule has 1 aliphatic rings. The molecule has 94 valence electrons. The van der Waals surface area contributed by atoms with Crippen molar-refractivity contribution < 1.29 is 4.79 Å². The van der Waals surface area contributed by atoms with Crippen molar-refractivity contribution in [3.63, 3.8) is 0 Å². The fraction of sp³-hybridized carbons (Fsp3) is 0.467. The molecule has 0 aromatic heterocycles. The van der Waals surface area contributed by atoms with E-state index in [-0.39, 0.29) is 5.91 Å². The van der Waals surface area contributed by atoms with Gasteiger partial charge in [-0.3, -0.25) is 4.79 Å². The number of benzene rings is 1. The van der Waals surface area contributed by atoms with Crippen molar-refractivity contribution in [1.29, 1.82) is 0 Å². The molecule has 3 nitrogen and oxygen atoms in total. The van der Waals surface area contributed by atoms with Crippen molar-refractivity contribution in [2.45, 2.75) is 38.5 Å². The maximum Gasteiger partial charge on any atom is 0.224 e. The summed E-state index contributed by atoms with van der Waals surface area (Å²) in [6.07, 6.45) is 6.83. The molecule has 0 aliphatic heterocycles. The maximum absolute atomic E-state index is 11.8. The number of nitrogens with one attached hydrogen (secondary N) is 1. The highest BCUT2D eigenvalue weighted by atomic mass is 16.1. The smallest absolute Gasteiger partial charge is 0.224 e. The van der Waals surface area contributed by atoms with E-state index < -0.39 is 0 Å². The van der Waals surface area contributed by atoms with Gasteiger partial charge in [-0.15, -0.1) is 0 Å². The van der Waals surface area contributed by atoms with Crippen LogP contribution in [0.1, 0.15) is 38.5 Å². The highest BCUT2D eigenvalue weighted by molar-refractivity contribution is 5.90. The van der Waals surface area contributed by atoms with Crippen LogP contribution in [0.25, 0.3) is 4.85 Å². The van der Waals surface area contributed by atoms with Gasteiger partial charge in [0.2, 0.25) is 5.91 Å². The zero-order chi connectivity index (χ0) is 12.8. The van der Waals surface area contributed by atoms with Gasteiger partial charge >= 0.3 is 0 Å². The van der Waals surface area contributed by atoms with Crippen LogP contribution in [-0.4, -0.2) is 5.91 Å². The van der Waals surface area contributed by atoms with Crippen LogP contribution in [0.5, 0.6) is 0 Å². The zero-order valence-electron chi connectivity index (χ0n) is 10.5. The van der Waals surface area contributed by atoms with Crippen LogP contribution < -0.4 is 5.32 Å². The lowest BCUT2D eigenvalue weighted by Gasteiger charge is -2.09. The summed E-state index contributed by atoms with van der Waals surface area (Å²) in [5.41, 5.74) is 1.37. The largest absolute Gasteiger partial charge is 0.326 e. The molecule has 1 aromatic rings. The Morgan fingerprint density at radius 3 is 2.56 bits per heavy atom. The number of amides is 1.